The summed E-state index contributed by atoms with van der Waals surface area (Å²) < 4.78 is 6.20. The monoisotopic (exact) mass is 273 g/mol. The minimum absolute atomic E-state index is 0.365. The van der Waals surface area contributed by atoms with Crippen LogP contribution in [0.2, 0.25) is 0 Å². The lowest BCUT2D eigenvalue weighted by atomic mass is 10.4. The van der Waals surface area contributed by atoms with Gasteiger partial charge in [-0.1, -0.05) is 5.16 Å². The van der Waals surface area contributed by atoms with Crippen LogP contribution in [0.25, 0.3) is 5.95 Å². The summed E-state index contributed by atoms with van der Waals surface area (Å²) in [7, 11) is 1.72. The van der Waals surface area contributed by atoms with Gasteiger partial charge in [0.2, 0.25) is 11.9 Å². The van der Waals surface area contributed by atoms with Gasteiger partial charge in [0.15, 0.2) is 0 Å². The Morgan fingerprint density at radius 3 is 2.85 bits per heavy atom. The molecule has 0 aliphatic rings. The molecule has 3 aromatic rings. The molecule has 102 valence electrons. The van der Waals surface area contributed by atoms with Crippen molar-refractivity contribution in [2.45, 2.75) is 6.54 Å². The van der Waals surface area contributed by atoms with Crippen LogP contribution in [0.5, 0.6) is 0 Å². The summed E-state index contributed by atoms with van der Waals surface area (Å²) in [6.07, 6.45) is 4.42. The van der Waals surface area contributed by atoms with Crippen molar-refractivity contribution < 1.29 is 4.52 Å². The van der Waals surface area contributed by atoms with Gasteiger partial charge in [-0.25, -0.2) is 4.98 Å². The second-order valence-corrected chi connectivity index (χ2v) is 3.72. The summed E-state index contributed by atoms with van der Waals surface area (Å²) in [5.41, 5.74) is 0.749. The van der Waals surface area contributed by atoms with E-state index in [1.165, 1.54) is 23.6 Å². The van der Waals surface area contributed by atoms with E-state index in [1.807, 2.05) is 0 Å². The summed E-state index contributed by atoms with van der Waals surface area (Å²) >= 11 is 0. The Morgan fingerprint density at radius 2 is 2.15 bits per heavy atom. The number of hydrogen-bond acceptors (Lipinski definition) is 9. The molecule has 3 rings (SSSR count). The Hall–Kier alpha value is -3.04. The molecule has 0 aliphatic heterocycles. The highest BCUT2D eigenvalue weighted by atomic mass is 16.5. The number of rotatable bonds is 5. The van der Waals surface area contributed by atoms with E-state index in [1.54, 1.807) is 13.1 Å². The third kappa shape index (κ3) is 2.53. The quantitative estimate of drug-likeness (QED) is 0.666. The molecule has 3 heterocycles. The second-order valence-electron chi connectivity index (χ2n) is 3.72. The highest BCUT2D eigenvalue weighted by molar-refractivity contribution is 5.37. The lowest BCUT2D eigenvalue weighted by Gasteiger charge is -2.07. The van der Waals surface area contributed by atoms with Crippen molar-refractivity contribution >= 4 is 11.9 Å². The van der Waals surface area contributed by atoms with E-state index in [0.29, 0.717) is 24.4 Å². The number of hydrogen-bond donors (Lipinski definition) is 2. The van der Waals surface area contributed by atoms with Gasteiger partial charge in [0.05, 0.1) is 6.54 Å². The number of aromatic nitrogens is 7. The first-order valence-electron chi connectivity index (χ1n) is 5.77. The molecule has 20 heavy (non-hydrogen) atoms. The maximum absolute atomic E-state index is 4.75. The Morgan fingerprint density at radius 1 is 1.25 bits per heavy atom. The van der Waals surface area contributed by atoms with Crippen molar-refractivity contribution in [1.82, 2.24) is 34.9 Å². The summed E-state index contributed by atoms with van der Waals surface area (Å²) in [5.74, 6) is 1.19. The summed E-state index contributed by atoms with van der Waals surface area (Å²) in [6, 6.07) is 1.76. The molecule has 0 unspecified atom stereocenters. The molecule has 0 atom stereocenters. The van der Waals surface area contributed by atoms with Gasteiger partial charge < -0.3 is 15.2 Å². The van der Waals surface area contributed by atoms with Crippen molar-refractivity contribution in [3.8, 4) is 5.95 Å². The molecule has 10 heteroatoms. The molecular weight excluding hydrogens is 262 g/mol. The number of nitrogens with one attached hydrogen (secondary N) is 2. The van der Waals surface area contributed by atoms with Crippen LogP contribution in [-0.4, -0.2) is 41.9 Å². The zero-order valence-corrected chi connectivity index (χ0v) is 10.6. The highest BCUT2D eigenvalue weighted by Gasteiger charge is 2.08. The molecule has 0 radical (unpaired) electrons. The first kappa shape index (κ1) is 12.0. The lowest BCUT2D eigenvalue weighted by Crippen LogP contribution is -2.11. The summed E-state index contributed by atoms with van der Waals surface area (Å²) in [6.45, 7) is 0.445. The van der Waals surface area contributed by atoms with E-state index in [-0.39, 0.29) is 0 Å². The van der Waals surface area contributed by atoms with Crippen molar-refractivity contribution in [3.05, 3.63) is 30.7 Å². The number of nitrogens with zero attached hydrogens (tertiary/aromatic N) is 7. The van der Waals surface area contributed by atoms with E-state index in [9.17, 15) is 0 Å². The van der Waals surface area contributed by atoms with E-state index in [4.69, 9.17) is 4.52 Å². The van der Waals surface area contributed by atoms with Crippen LogP contribution < -0.4 is 10.6 Å². The van der Waals surface area contributed by atoms with E-state index in [2.05, 4.69) is 40.8 Å². The summed E-state index contributed by atoms with van der Waals surface area (Å²) in [5, 5.41) is 13.7. The molecule has 2 N–H and O–H groups in total. The van der Waals surface area contributed by atoms with Crippen molar-refractivity contribution in [1.29, 1.82) is 0 Å². The molecule has 0 saturated carbocycles. The van der Waals surface area contributed by atoms with E-state index >= 15 is 0 Å². The fourth-order valence-electron chi connectivity index (χ4n) is 1.47. The zero-order valence-electron chi connectivity index (χ0n) is 10.6. The van der Waals surface area contributed by atoms with Gasteiger partial charge >= 0.3 is 0 Å². The van der Waals surface area contributed by atoms with Crippen molar-refractivity contribution in [2.24, 2.45) is 0 Å². The first-order chi connectivity index (χ1) is 9.85. The van der Waals surface area contributed by atoms with Crippen LogP contribution in [-0.2, 0) is 6.54 Å². The van der Waals surface area contributed by atoms with E-state index < -0.39 is 0 Å². The predicted octanol–water partition coefficient (Wildman–Crippen LogP) is 0.0941. The highest BCUT2D eigenvalue weighted by Crippen LogP contribution is 2.08. The third-order valence-corrected chi connectivity index (χ3v) is 2.39. The molecule has 3 aromatic heterocycles. The fraction of sp³-hybridized carbons (Fsp3) is 0.200. The molecular formula is C10H11N9O. The van der Waals surface area contributed by atoms with Crippen molar-refractivity contribution in [3.63, 3.8) is 0 Å². The second kappa shape index (κ2) is 5.30. The third-order valence-electron chi connectivity index (χ3n) is 2.39. The molecule has 0 spiro atoms. The van der Waals surface area contributed by atoms with E-state index in [0.717, 1.165) is 5.69 Å². The summed E-state index contributed by atoms with van der Waals surface area (Å²) in [4.78, 5) is 16.5. The molecule has 0 fully saturated rings. The van der Waals surface area contributed by atoms with Crippen LogP contribution in [0.3, 0.4) is 0 Å². The maximum Gasteiger partial charge on any atom is 0.258 e. The average molecular weight is 273 g/mol. The molecule has 0 aromatic carbocycles. The smallest absolute Gasteiger partial charge is 0.258 e. The average Bonchev–Trinajstić information content (AvgIpc) is 3.17. The Labute approximate surface area is 113 Å². The molecule has 10 nitrogen and oxygen atoms in total. The Balaban J connectivity index is 1.84. The standard InChI is InChI=1S/C10H11N9O/c1-11-8-15-9(13-4-7-2-3-20-18-7)17-10(16-8)19-6-12-5-14-19/h2-3,5-6H,4H2,1H3,(H2,11,13,15,16,17). The van der Waals surface area contributed by atoms with Crippen LogP contribution in [0.1, 0.15) is 5.69 Å². The minimum atomic E-state index is 0.365. The van der Waals surface area contributed by atoms with Gasteiger partial charge in [-0.3, -0.25) is 0 Å². The molecule has 0 saturated heterocycles. The largest absolute Gasteiger partial charge is 0.364 e. The lowest BCUT2D eigenvalue weighted by molar-refractivity contribution is 0.412. The normalized spacial score (nSPS) is 10.4. The fourth-order valence-corrected chi connectivity index (χ4v) is 1.47. The predicted molar refractivity (Wildman–Crippen MR) is 68.1 cm³/mol. The van der Waals surface area contributed by atoms with Crippen LogP contribution in [0.4, 0.5) is 11.9 Å². The van der Waals surface area contributed by atoms with Crippen LogP contribution in [0.15, 0.2) is 29.5 Å². The van der Waals surface area contributed by atoms with Gasteiger partial charge in [-0.2, -0.15) is 24.7 Å². The van der Waals surface area contributed by atoms with Crippen molar-refractivity contribution in [2.75, 3.05) is 17.7 Å². The minimum Gasteiger partial charge on any atom is -0.364 e. The van der Waals surface area contributed by atoms with Gasteiger partial charge in [-0.05, 0) is 0 Å². The SMILES string of the molecule is CNc1nc(NCc2ccon2)nc(-n2cncn2)n1. The Bertz CT molecular complexity index is 664. The zero-order chi connectivity index (χ0) is 13.8. The van der Waals surface area contributed by atoms with Crippen LogP contribution in [0, 0.1) is 0 Å². The van der Waals surface area contributed by atoms with Gasteiger partial charge in [0, 0.05) is 13.1 Å². The number of anilines is 2. The first-order valence-corrected chi connectivity index (χ1v) is 5.77. The topological polar surface area (TPSA) is 119 Å². The molecule has 0 aliphatic carbocycles. The maximum atomic E-state index is 4.75. The Kier molecular flexibility index (Phi) is 3.18. The molecule has 0 amide bonds. The van der Waals surface area contributed by atoms with Crippen LogP contribution >= 0.6 is 0 Å². The van der Waals surface area contributed by atoms with Gasteiger partial charge in [0.25, 0.3) is 5.95 Å². The van der Waals surface area contributed by atoms with Gasteiger partial charge in [0.1, 0.15) is 24.6 Å². The molecule has 0 bridgehead atoms. The van der Waals surface area contributed by atoms with Gasteiger partial charge in [-0.15, -0.1) is 0 Å².